The van der Waals surface area contributed by atoms with Crippen molar-refractivity contribution in [3.05, 3.63) is 68.7 Å². The van der Waals surface area contributed by atoms with Crippen molar-refractivity contribution in [3.63, 3.8) is 0 Å². The first-order valence-electron chi connectivity index (χ1n) is 11.3. The van der Waals surface area contributed by atoms with Crippen molar-refractivity contribution in [3.8, 4) is 0 Å². The second-order valence-corrected chi connectivity index (χ2v) is 9.47. The Labute approximate surface area is 204 Å². The largest absolute Gasteiger partial charge is 0.856 e. The molecule has 0 unspecified atom stereocenters. The molecule has 0 spiro atoms. The van der Waals surface area contributed by atoms with E-state index in [1.54, 1.807) is 30.5 Å². The molecule has 1 aliphatic carbocycles. The molecule has 0 bridgehead atoms. The number of hydrogen-bond acceptors (Lipinski definition) is 10. The third kappa shape index (κ3) is 4.52. The van der Waals surface area contributed by atoms with Gasteiger partial charge in [0.25, 0.3) is 0 Å². The van der Waals surface area contributed by atoms with Crippen LogP contribution < -0.4 is 15.7 Å². The molecule has 0 amide bonds. The molecule has 2 aliphatic rings. The number of anilines is 1. The molecule has 1 saturated carbocycles. The van der Waals surface area contributed by atoms with E-state index in [0.717, 1.165) is 37.0 Å². The first kappa shape index (κ1) is 22.7. The van der Waals surface area contributed by atoms with E-state index >= 15 is 0 Å². The van der Waals surface area contributed by atoms with Crippen LogP contribution in [0.5, 0.6) is 0 Å². The molecular formula is C23H22N7O4S-. The number of aliphatic imine (C=N–C) groups is 1. The Morgan fingerprint density at radius 3 is 2.57 bits per heavy atom. The lowest BCUT2D eigenvalue weighted by atomic mass is 9.96. The second kappa shape index (κ2) is 9.29. The number of nitro groups is 1. The molecule has 12 heteroatoms. The average Bonchev–Trinajstić information content (AvgIpc) is 3.53. The number of carbonyl (C=O) groups excluding carboxylic acids is 1. The molecule has 1 fully saturated rings. The molecule has 3 heterocycles. The molecular weight excluding hydrogens is 470 g/mol. The smallest absolute Gasteiger partial charge is 0.324 e. The summed E-state index contributed by atoms with van der Waals surface area (Å²) in [5.41, 5.74) is 4.85. The van der Waals surface area contributed by atoms with Crippen molar-refractivity contribution in [1.82, 2.24) is 15.2 Å². The Kier molecular flexibility index (Phi) is 6.03. The van der Waals surface area contributed by atoms with Crippen LogP contribution in [0.1, 0.15) is 65.9 Å². The number of hydrazine groups is 1. The van der Waals surface area contributed by atoms with Gasteiger partial charge in [0.15, 0.2) is 17.4 Å². The van der Waals surface area contributed by atoms with Crippen LogP contribution in [0.4, 0.5) is 16.5 Å². The van der Waals surface area contributed by atoms with Gasteiger partial charge in [0.1, 0.15) is 5.69 Å². The number of hydrogen-bond donors (Lipinski definition) is 1. The van der Waals surface area contributed by atoms with E-state index in [2.05, 4.69) is 15.6 Å². The van der Waals surface area contributed by atoms with Gasteiger partial charge in [0.05, 0.1) is 17.2 Å². The minimum Gasteiger partial charge on any atom is -0.856 e. The summed E-state index contributed by atoms with van der Waals surface area (Å²) in [4.78, 5) is 27.1. The molecule has 35 heavy (non-hydrogen) atoms. The number of hydrazone groups is 1. The van der Waals surface area contributed by atoms with Gasteiger partial charge >= 0.3 is 5.00 Å². The third-order valence-electron chi connectivity index (χ3n) is 6.07. The Hall–Kier alpha value is -4.06. The lowest BCUT2D eigenvalue weighted by Gasteiger charge is -2.29. The van der Waals surface area contributed by atoms with Crippen LogP contribution in [-0.2, 0) is 0 Å². The Bertz CT molecular complexity index is 1340. The van der Waals surface area contributed by atoms with E-state index in [-0.39, 0.29) is 21.7 Å². The number of carbonyl (C=O) groups is 1. The van der Waals surface area contributed by atoms with E-state index in [1.807, 2.05) is 4.68 Å². The predicted molar refractivity (Wildman–Crippen MR) is 130 cm³/mol. The summed E-state index contributed by atoms with van der Waals surface area (Å²) >= 11 is 0.769. The molecule has 1 N–H and O–H groups in total. The standard InChI is InChI=1S/C23H23N7O4S/c1-14(31)15-7-9-16(10-8-15)21-25-22-18(13-24-28(22)17-5-3-2-4-6-17)29(26-21)27-23(32)19-11-12-20(35-19)30(33)34/h7-13,17H,2-6H2,1H3,(H,25,26)(H,27,32)/p-1. The zero-order chi connectivity index (χ0) is 24.5. The molecule has 180 valence electrons. The number of nitrogens with zero attached hydrogens (tertiary/aromatic N) is 6. The SMILES string of the molecule is CC(=O)c1ccc(C2=Nc3c(cnn3C3CCCCC3)N(N=C([O-])c3ccc([N+](=O)[O-])s3)N2)cc1. The summed E-state index contributed by atoms with van der Waals surface area (Å²) in [6.45, 7) is 1.50. The topological polar surface area (TPSA) is 141 Å². The van der Waals surface area contributed by atoms with Crippen molar-refractivity contribution >= 4 is 45.4 Å². The molecule has 1 aromatic carbocycles. The zero-order valence-electron chi connectivity index (χ0n) is 18.9. The number of nitrogens with one attached hydrogen (secondary N) is 1. The van der Waals surface area contributed by atoms with Gasteiger partial charge in [-0.05, 0) is 25.8 Å². The monoisotopic (exact) mass is 492 g/mol. The molecule has 5 rings (SSSR count). The number of thiophene rings is 1. The molecule has 1 aliphatic heterocycles. The molecule has 0 atom stereocenters. The number of benzene rings is 1. The lowest BCUT2D eigenvalue weighted by Crippen LogP contribution is -2.43. The van der Waals surface area contributed by atoms with Crippen molar-refractivity contribution in [2.45, 2.75) is 45.1 Å². The molecule has 2 aromatic heterocycles. The van der Waals surface area contributed by atoms with Crippen LogP contribution in [0.15, 0.2) is 52.7 Å². The van der Waals surface area contributed by atoms with Gasteiger partial charge in [-0.1, -0.05) is 54.9 Å². The predicted octanol–water partition coefficient (Wildman–Crippen LogP) is 3.69. The maximum atomic E-state index is 12.9. The van der Waals surface area contributed by atoms with Gasteiger partial charge in [0.2, 0.25) is 0 Å². The summed E-state index contributed by atoms with van der Waals surface area (Å²) in [5, 5.41) is 33.8. The minimum absolute atomic E-state index is 0.0417. The van der Waals surface area contributed by atoms with Crippen LogP contribution in [0.2, 0.25) is 0 Å². The first-order chi connectivity index (χ1) is 16.9. The summed E-state index contributed by atoms with van der Waals surface area (Å²) < 4.78 is 1.89. The summed E-state index contributed by atoms with van der Waals surface area (Å²) in [6.07, 6.45) is 7.03. The Balaban J connectivity index is 1.54. The van der Waals surface area contributed by atoms with Crippen molar-refractivity contribution in [1.29, 1.82) is 0 Å². The number of rotatable bonds is 6. The van der Waals surface area contributed by atoms with E-state index in [0.29, 0.717) is 28.5 Å². The number of amidine groups is 1. The Morgan fingerprint density at radius 2 is 1.91 bits per heavy atom. The average molecular weight is 493 g/mol. The Morgan fingerprint density at radius 1 is 1.17 bits per heavy atom. The highest BCUT2D eigenvalue weighted by Crippen LogP contribution is 2.38. The molecule has 0 saturated heterocycles. The number of ketones is 1. The van der Waals surface area contributed by atoms with Gasteiger partial charge in [-0.15, -0.1) is 0 Å². The van der Waals surface area contributed by atoms with E-state index in [9.17, 15) is 20.0 Å². The molecule has 3 aromatic rings. The van der Waals surface area contributed by atoms with E-state index in [1.165, 1.54) is 30.6 Å². The number of aromatic nitrogens is 2. The lowest BCUT2D eigenvalue weighted by molar-refractivity contribution is -0.380. The highest BCUT2D eigenvalue weighted by atomic mass is 32.1. The van der Waals surface area contributed by atoms with Gasteiger partial charge in [-0.3, -0.25) is 20.3 Å². The van der Waals surface area contributed by atoms with Crippen molar-refractivity contribution < 1.29 is 14.8 Å². The minimum atomic E-state index is -0.625. The van der Waals surface area contributed by atoms with Crippen molar-refractivity contribution in [2.24, 2.45) is 10.1 Å². The summed E-state index contributed by atoms with van der Waals surface area (Å²) in [5.74, 6) is 0.356. The first-order valence-corrected chi connectivity index (χ1v) is 12.1. The summed E-state index contributed by atoms with van der Waals surface area (Å²) in [7, 11) is 0. The highest BCUT2D eigenvalue weighted by molar-refractivity contribution is 7.17. The van der Waals surface area contributed by atoms with E-state index in [4.69, 9.17) is 4.99 Å². The van der Waals surface area contributed by atoms with Gasteiger partial charge in [0, 0.05) is 28.0 Å². The third-order valence-corrected chi connectivity index (χ3v) is 7.09. The fraction of sp³-hybridized carbons (Fsp3) is 0.304. The fourth-order valence-corrected chi connectivity index (χ4v) is 4.94. The van der Waals surface area contributed by atoms with Crippen LogP contribution >= 0.6 is 11.3 Å². The normalized spacial score (nSPS) is 16.4. The second-order valence-electron chi connectivity index (χ2n) is 8.41. The number of fused-ring (bicyclic) bond motifs is 1. The van der Waals surface area contributed by atoms with Gasteiger partial charge < -0.3 is 5.11 Å². The van der Waals surface area contributed by atoms with E-state index < -0.39 is 10.8 Å². The molecule has 11 nitrogen and oxygen atoms in total. The quantitative estimate of drug-likeness (QED) is 0.182. The van der Waals surface area contributed by atoms with Crippen LogP contribution in [0.3, 0.4) is 0 Å². The fourth-order valence-electron chi connectivity index (χ4n) is 4.24. The molecule has 0 radical (unpaired) electrons. The maximum absolute atomic E-state index is 12.9. The zero-order valence-corrected chi connectivity index (χ0v) is 19.7. The number of Topliss-reactive ketones (excluding diaryl/α,β-unsaturated/α-hetero) is 1. The van der Waals surface area contributed by atoms with Gasteiger partial charge in [-0.2, -0.15) is 15.3 Å². The summed E-state index contributed by atoms with van der Waals surface area (Å²) in [6, 6.07) is 9.86. The van der Waals surface area contributed by atoms with Crippen LogP contribution in [0, 0.1) is 10.1 Å². The van der Waals surface area contributed by atoms with Crippen molar-refractivity contribution in [2.75, 3.05) is 5.12 Å². The highest BCUT2D eigenvalue weighted by Gasteiger charge is 2.28. The van der Waals surface area contributed by atoms with Crippen LogP contribution in [0.25, 0.3) is 0 Å². The maximum Gasteiger partial charge on any atom is 0.324 e. The van der Waals surface area contributed by atoms with Crippen LogP contribution in [-0.4, -0.2) is 32.2 Å². The van der Waals surface area contributed by atoms with Gasteiger partial charge in [-0.25, -0.2) is 9.67 Å².